The molecule has 5 heteroatoms. The highest BCUT2D eigenvalue weighted by molar-refractivity contribution is 9.10. The summed E-state index contributed by atoms with van der Waals surface area (Å²) in [5.41, 5.74) is 1.77. The van der Waals surface area contributed by atoms with Crippen molar-refractivity contribution in [1.29, 1.82) is 0 Å². The first-order valence-corrected chi connectivity index (χ1v) is 9.70. The third-order valence-electron chi connectivity index (χ3n) is 4.16. The van der Waals surface area contributed by atoms with Gasteiger partial charge in [-0.1, -0.05) is 57.9 Å². The SMILES string of the molecule is Cc1cc(Br)ccc1NC(=O)c1sc2ccc3ccccc3c2c1Cl. The number of carbonyl (C=O) groups excluding carboxylic acids is 1. The molecule has 1 aromatic heterocycles. The molecule has 124 valence electrons. The number of carbonyl (C=O) groups is 1. The third kappa shape index (κ3) is 2.95. The lowest BCUT2D eigenvalue weighted by atomic mass is 10.1. The summed E-state index contributed by atoms with van der Waals surface area (Å²) in [7, 11) is 0. The summed E-state index contributed by atoms with van der Waals surface area (Å²) in [5, 5.41) is 6.62. The Morgan fingerprint density at radius 3 is 2.72 bits per heavy atom. The van der Waals surface area contributed by atoms with Gasteiger partial charge < -0.3 is 5.32 Å². The van der Waals surface area contributed by atoms with Gasteiger partial charge in [-0.15, -0.1) is 11.3 Å². The van der Waals surface area contributed by atoms with E-state index in [1.807, 2.05) is 55.5 Å². The van der Waals surface area contributed by atoms with E-state index in [9.17, 15) is 4.79 Å². The summed E-state index contributed by atoms with van der Waals surface area (Å²) in [6.07, 6.45) is 0. The number of halogens is 2. The molecule has 4 rings (SSSR count). The Morgan fingerprint density at radius 1 is 1.12 bits per heavy atom. The van der Waals surface area contributed by atoms with Gasteiger partial charge >= 0.3 is 0 Å². The first kappa shape index (κ1) is 16.6. The Kier molecular flexibility index (Phi) is 4.28. The minimum Gasteiger partial charge on any atom is -0.321 e. The number of thiophene rings is 1. The van der Waals surface area contributed by atoms with Gasteiger partial charge in [0.05, 0.1) is 5.02 Å². The minimum absolute atomic E-state index is 0.180. The summed E-state index contributed by atoms with van der Waals surface area (Å²) in [6, 6.07) is 17.9. The van der Waals surface area contributed by atoms with E-state index in [4.69, 9.17) is 11.6 Å². The van der Waals surface area contributed by atoms with E-state index in [2.05, 4.69) is 27.3 Å². The van der Waals surface area contributed by atoms with Gasteiger partial charge in [0.15, 0.2) is 0 Å². The average molecular weight is 431 g/mol. The molecule has 0 saturated heterocycles. The molecule has 0 fully saturated rings. The fourth-order valence-corrected chi connectivity index (χ4v) is 4.87. The molecule has 4 aromatic rings. The van der Waals surface area contributed by atoms with Crippen molar-refractivity contribution >= 4 is 71.3 Å². The van der Waals surface area contributed by atoms with Crippen molar-refractivity contribution in [2.45, 2.75) is 6.92 Å². The summed E-state index contributed by atoms with van der Waals surface area (Å²) in [4.78, 5) is 13.3. The number of hydrogen-bond acceptors (Lipinski definition) is 2. The number of hydrogen-bond donors (Lipinski definition) is 1. The monoisotopic (exact) mass is 429 g/mol. The van der Waals surface area contributed by atoms with Crippen molar-refractivity contribution in [2.24, 2.45) is 0 Å². The van der Waals surface area contributed by atoms with Crippen LogP contribution in [0.4, 0.5) is 5.69 Å². The molecule has 1 amide bonds. The fourth-order valence-electron chi connectivity index (χ4n) is 2.92. The largest absolute Gasteiger partial charge is 0.321 e. The lowest BCUT2D eigenvalue weighted by Crippen LogP contribution is -2.11. The number of benzene rings is 3. The summed E-state index contributed by atoms with van der Waals surface area (Å²) in [5.74, 6) is -0.180. The highest BCUT2D eigenvalue weighted by atomic mass is 79.9. The molecule has 0 aliphatic carbocycles. The van der Waals surface area contributed by atoms with Crippen molar-refractivity contribution in [3.8, 4) is 0 Å². The lowest BCUT2D eigenvalue weighted by Gasteiger charge is -2.08. The molecular weight excluding hydrogens is 418 g/mol. The third-order valence-corrected chi connectivity index (χ3v) is 6.30. The van der Waals surface area contributed by atoms with Crippen LogP contribution >= 0.6 is 38.9 Å². The van der Waals surface area contributed by atoms with Crippen LogP contribution < -0.4 is 5.32 Å². The van der Waals surface area contributed by atoms with Crippen LogP contribution in [0.3, 0.4) is 0 Å². The van der Waals surface area contributed by atoms with E-state index in [-0.39, 0.29) is 5.91 Å². The van der Waals surface area contributed by atoms with Crippen LogP contribution in [0.25, 0.3) is 20.9 Å². The van der Waals surface area contributed by atoms with E-state index >= 15 is 0 Å². The van der Waals surface area contributed by atoms with Crippen LogP contribution in [0.5, 0.6) is 0 Å². The molecule has 0 spiro atoms. The minimum atomic E-state index is -0.180. The number of fused-ring (bicyclic) bond motifs is 3. The zero-order chi connectivity index (χ0) is 17.6. The van der Waals surface area contributed by atoms with Gasteiger partial charge in [0.2, 0.25) is 0 Å². The Morgan fingerprint density at radius 2 is 1.92 bits per heavy atom. The van der Waals surface area contributed by atoms with Crippen molar-refractivity contribution in [1.82, 2.24) is 0 Å². The highest BCUT2D eigenvalue weighted by Gasteiger charge is 2.19. The predicted molar refractivity (Wildman–Crippen MR) is 111 cm³/mol. The Hall–Kier alpha value is -1.88. The zero-order valence-corrected chi connectivity index (χ0v) is 16.4. The number of nitrogens with one attached hydrogen (secondary N) is 1. The lowest BCUT2D eigenvalue weighted by molar-refractivity contribution is 0.103. The van der Waals surface area contributed by atoms with Gasteiger partial charge in [-0.2, -0.15) is 0 Å². The molecule has 0 unspecified atom stereocenters. The number of amides is 1. The van der Waals surface area contributed by atoms with Gasteiger partial charge in [0.1, 0.15) is 4.88 Å². The quantitative estimate of drug-likeness (QED) is 0.363. The number of rotatable bonds is 2. The van der Waals surface area contributed by atoms with Crippen molar-refractivity contribution in [3.05, 3.63) is 74.5 Å². The van der Waals surface area contributed by atoms with Crippen LogP contribution in [0, 0.1) is 6.92 Å². The first-order chi connectivity index (χ1) is 12.0. The smallest absolute Gasteiger partial charge is 0.267 e. The summed E-state index contributed by atoms with van der Waals surface area (Å²) < 4.78 is 2.00. The van der Waals surface area contributed by atoms with Crippen LogP contribution in [-0.4, -0.2) is 5.91 Å². The second-order valence-electron chi connectivity index (χ2n) is 5.82. The molecule has 25 heavy (non-hydrogen) atoms. The predicted octanol–water partition coefficient (Wildman–Crippen LogP) is 7.03. The van der Waals surface area contributed by atoms with Crippen molar-refractivity contribution in [2.75, 3.05) is 5.32 Å². The highest BCUT2D eigenvalue weighted by Crippen LogP contribution is 2.40. The van der Waals surface area contributed by atoms with Crippen LogP contribution in [-0.2, 0) is 0 Å². The first-order valence-electron chi connectivity index (χ1n) is 7.72. The molecule has 1 N–H and O–H groups in total. The summed E-state index contributed by atoms with van der Waals surface area (Å²) >= 11 is 11.5. The molecular formula is C20H13BrClNOS. The molecule has 0 aliphatic rings. The Labute approximate surface area is 162 Å². The second kappa shape index (κ2) is 6.45. The van der Waals surface area contributed by atoms with Gasteiger partial charge in [-0.3, -0.25) is 4.79 Å². The van der Waals surface area contributed by atoms with Gasteiger partial charge in [-0.25, -0.2) is 0 Å². The molecule has 0 radical (unpaired) electrons. The molecule has 0 aliphatic heterocycles. The topological polar surface area (TPSA) is 29.1 Å². The summed E-state index contributed by atoms with van der Waals surface area (Å²) in [6.45, 7) is 1.96. The van der Waals surface area contributed by atoms with E-state index in [1.54, 1.807) is 0 Å². The van der Waals surface area contributed by atoms with E-state index in [1.165, 1.54) is 11.3 Å². The van der Waals surface area contributed by atoms with Gasteiger partial charge in [-0.05, 0) is 47.5 Å². The molecule has 0 saturated carbocycles. The molecule has 3 aromatic carbocycles. The van der Waals surface area contributed by atoms with E-state index in [0.717, 1.165) is 36.6 Å². The van der Waals surface area contributed by atoms with Crippen LogP contribution in [0.1, 0.15) is 15.2 Å². The van der Waals surface area contributed by atoms with Gasteiger partial charge in [0, 0.05) is 20.2 Å². The molecule has 0 bridgehead atoms. The molecule has 0 atom stereocenters. The van der Waals surface area contributed by atoms with Crippen molar-refractivity contribution < 1.29 is 4.79 Å². The fraction of sp³-hybridized carbons (Fsp3) is 0.0500. The maximum Gasteiger partial charge on any atom is 0.267 e. The van der Waals surface area contributed by atoms with Gasteiger partial charge in [0.25, 0.3) is 5.91 Å². The molecule has 1 heterocycles. The maximum atomic E-state index is 12.8. The van der Waals surface area contributed by atoms with E-state index in [0.29, 0.717) is 9.90 Å². The zero-order valence-electron chi connectivity index (χ0n) is 13.3. The maximum absolute atomic E-state index is 12.8. The standard InChI is InChI=1S/C20H13BrClNOS/c1-11-10-13(21)7-8-15(11)23-20(24)19-18(22)17-14-5-3-2-4-12(14)6-9-16(17)25-19/h2-10H,1H3,(H,23,24). The second-order valence-corrected chi connectivity index (χ2v) is 8.16. The van der Waals surface area contributed by atoms with Crippen LogP contribution in [0.15, 0.2) is 59.1 Å². The molecule has 2 nitrogen and oxygen atoms in total. The number of aryl methyl sites for hydroxylation is 1. The Bertz CT molecular complexity index is 1140. The normalized spacial score (nSPS) is 11.2. The average Bonchev–Trinajstić information content (AvgIpc) is 2.95. The Balaban J connectivity index is 1.80. The van der Waals surface area contributed by atoms with Crippen LogP contribution in [0.2, 0.25) is 5.02 Å². The van der Waals surface area contributed by atoms with Crippen molar-refractivity contribution in [3.63, 3.8) is 0 Å². The van der Waals surface area contributed by atoms with E-state index < -0.39 is 0 Å². The number of anilines is 1.